The molecule has 0 saturated heterocycles. The second-order valence-electron chi connectivity index (χ2n) is 6.30. The van der Waals surface area contributed by atoms with Crippen LogP contribution in [0.15, 0.2) is 84.9 Å². The number of para-hydroxylation sites is 1. The van der Waals surface area contributed by atoms with Crippen LogP contribution in [-0.2, 0) is 0 Å². The average Bonchev–Trinajstić information content (AvgIpc) is 3.07. The van der Waals surface area contributed by atoms with Gasteiger partial charge in [0.1, 0.15) is 0 Å². The highest BCUT2D eigenvalue weighted by Crippen LogP contribution is 2.38. The fraction of sp³-hybridized carbons (Fsp3) is 0.0909. The molecule has 1 N–H and O–H groups in total. The topological polar surface area (TPSA) is 58.9 Å². The van der Waals surface area contributed by atoms with Gasteiger partial charge >= 0.3 is 0 Å². The number of aromatic amines is 1. The third-order valence-electron chi connectivity index (χ3n) is 4.69. The van der Waals surface area contributed by atoms with Crippen molar-refractivity contribution in [2.75, 3.05) is 6.54 Å². The van der Waals surface area contributed by atoms with Gasteiger partial charge in [-0.15, -0.1) is 0 Å². The average molecular weight is 376 g/mol. The van der Waals surface area contributed by atoms with E-state index in [1.165, 1.54) is 0 Å². The van der Waals surface area contributed by atoms with Crippen molar-refractivity contribution in [3.8, 4) is 11.3 Å². The van der Waals surface area contributed by atoms with E-state index in [4.69, 9.17) is 0 Å². The molecule has 0 spiro atoms. The van der Waals surface area contributed by atoms with Crippen molar-refractivity contribution < 1.29 is 4.92 Å². The Balaban J connectivity index is 0.00000210. The fourth-order valence-electron chi connectivity index (χ4n) is 3.56. The summed E-state index contributed by atoms with van der Waals surface area (Å²) in [5.41, 5.74) is 4.90. The Labute approximate surface area is 164 Å². The first-order chi connectivity index (χ1) is 12.7. The Morgan fingerprint density at radius 1 is 0.852 bits per heavy atom. The van der Waals surface area contributed by atoms with Crippen LogP contribution in [0.1, 0.15) is 17.0 Å². The van der Waals surface area contributed by atoms with Crippen molar-refractivity contribution in [3.63, 3.8) is 0 Å². The molecule has 1 aromatic heterocycles. The van der Waals surface area contributed by atoms with Gasteiger partial charge in [-0.2, -0.15) is 13.5 Å². The van der Waals surface area contributed by atoms with Crippen LogP contribution in [0.3, 0.4) is 0 Å². The summed E-state index contributed by atoms with van der Waals surface area (Å²) in [5, 5.41) is 12.5. The molecule has 136 valence electrons. The van der Waals surface area contributed by atoms with Crippen LogP contribution in [0.4, 0.5) is 0 Å². The van der Waals surface area contributed by atoms with Gasteiger partial charge in [-0.1, -0.05) is 78.9 Å². The van der Waals surface area contributed by atoms with Crippen LogP contribution in [0.25, 0.3) is 22.2 Å². The number of hydrogen-bond donors (Lipinski definition) is 1. The molecule has 4 nitrogen and oxygen atoms in total. The zero-order valence-electron chi connectivity index (χ0n) is 14.6. The number of nitro groups is 1. The lowest BCUT2D eigenvalue weighted by Crippen LogP contribution is -2.14. The highest BCUT2D eigenvalue weighted by atomic mass is 32.1. The van der Waals surface area contributed by atoms with Crippen molar-refractivity contribution in [2.24, 2.45) is 0 Å². The zero-order valence-corrected chi connectivity index (χ0v) is 15.6. The molecule has 0 saturated carbocycles. The minimum atomic E-state index is -0.322. The van der Waals surface area contributed by atoms with Crippen LogP contribution in [0.2, 0.25) is 0 Å². The molecule has 0 aliphatic carbocycles. The molecule has 27 heavy (non-hydrogen) atoms. The van der Waals surface area contributed by atoms with E-state index in [0.29, 0.717) is 0 Å². The van der Waals surface area contributed by atoms with Crippen LogP contribution in [0.5, 0.6) is 0 Å². The summed E-state index contributed by atoms with van der Waals surface area (Å²) < 4.78 is 0. The first-order valence-corrected chi connectivity index (χ1v) is 8.57. The molecule has 0 aliphatic heterocycles. The summed E-state index contributed by atoms with van der Waals surface area (Å²) in [6.07, 6.45) is 0. The van der Waals surface area contributed by atoms with E-state index in [1.54, 1.807) is 0 Å². The summed E-state index contributed by atoms with van der Waals surface area (Å²) in [6, 6.07) is 27.7. The van der Waals surface area contributed by atoms with Crippen molar-refractivity contribution in [1.29, 1.82) is 0 Å². The second kappa shape index (κ2) is 8.10. The SMILES string of the molecule is O=[N+]([O-])C[C@@H](c1ccccc1)c1c(-c2ccccc2)[nH]c2ccccc12.S. The van der Waals surface area contributed by atoms with E-state index in [9.17, 15) is 10.1 Å². The van der Waals surface area contributed by atoms with Crippen molar-refractivity contribution in [1.82, 2.24) is 4.98 Å². The third-order valence-corrected chi connectivity index (χ3v) is 4.69. The molecule has 0 fully saturated rings. The predicted octanol–water partition coefficient (Wildman–Crippen LogP) is 5.36. The van der Waals surface area contributed by atoms with Gasteiger partial charge in [-0.25, -0.2) is 0 Å². The van der Waals surface area contributed by atoms with Gasteiger partial charge in [-0.05, 0) is 22.8 Å². The molecule has 0 aliphatic rings. The molecular formula is C22H20N2O2S. The van der Waals surface area contributed by atoms with Crippen molar-refractivity contribution >= 4 is 24.4 Å². The quantitative estimate of drug-likeness (QED) is 0.377. The first kappa shape index (κ1) is 18.7. The van der Waals surface area contributed by atoms with Crippen molar-refractivity contribution in [2.45, 2.75) is 5.92 Å². The van der Waals surface area contributed by atoms with E-state index < -0.39 is 0 Å². The number of benzene rings is 3. The third kappa shape index (κ3) is 3.73. The van der Waals surface area contributed by atoms with Crippen molar-refractivity contribution in [3.05, 3.63) is 106 Å². The number of nitrogens with zero attached hydrogens (tertiary/aromatic N) is 1. The maximum Gasteiger partial charge on any atom is 0.214 e. The standard InChI is InChI=1S/C22H18N2O2.H2S/c25-24(26)15-19(16-9-3-1-4-10-16)21-18-13-7-8-14-20(18)23-22(21)17-11-5-2-6-12-17;/h1-14,19,23H,15H2;1H2/t19-;/m0./s1. The highest BCUT2D eigenvalue weighted by Gasteiger charge is 2.27. The van der Waals surface area contributed by atoms with Gasteiger partial charge in [0.2, 0.25) is 6.54 Å². The molecule has 3 aromatic carbocycles. The molecule has 0 amide bonds. The lowest BCUT2D eigenvalue weighted by atomic mass is 9.87. The number of nitrogens with one attached hydrogen (secondary N) is 1. The van der Waals surface area contributed by atoms with Gasteiger partial charge in [-0.3, -0.25) is 10.1 Å². The maximum atomic E-state index is 11.5. The van der Waals surface area contributed by atoms with Crippen LogP contribution < -0.4 is 0 Å². The fourth-order valence-corrected chi connectivity index (χ4v) is 3.56. The van der Waals surface area contributed by atoms with Crippen LogP contribution >= 0.6 is 13.5 Å². The van der Waals surface area contributed by atoms with Gasteiger partial charge in [0, 0.05) is 15.8 Å². The minimum absolute atomic E-state index is 0. The number of rotatable bonds is 5. The van der Waals surface area contributed by atoms with Gasteiger partial charge < -0.3 is 4.98 Å². The number of fused-ring (bicyclic) bond motifs is 1. The van der Waals surface area contributed by atoms with E-state index in [2.05, 4.69) is 4.98 Å². The Kier molecular flexibility index (Phi) is 5.62. The summed E-state index contributed by atoms with van der Waals surface area (Å²) in [6.45, 7) is -0.147. The largest absolute Gasteiger partial charge is 0.354 e. The molecule has 0 unspecified atom stereocenters. The normalized spacial score (nSPS) is 11.7. The Bertz CT molecular complexity index is 1050. The summed E-state index contributed by atoms with van der Waals surface area (Å²) in [5.74, 6) is -0.322. The molecule has 4 rings (SSSR count). The van der Waals surface area contributed by atoms with E-state index >= 15 is 0 Å². The van der Waals surface area contributed by atoms with Gasteiger partial charge in [0.15, 0.2) is 0 Å². The molecule has 4 aromatic rings. The Hall–Kier alpha value is -3.05. The molecule has 1 atom stereocenters. The van der Waals surface area contributed by atoms with Crippen LogP contribution in [0, 0.1) is 10.1 Å². The maximum absolute atomic E-state index is 11.5. The predicted molar refractivity (Wildman–Crippen MR) is 114 cm³/mol. The van der Waals surface area contributed by atoms with E-state index in [0.717, 1.165) is 33.3 Å². The molecule has 1 heterocycles. The monoisotopic (exact) mass is 376 g/mol. The van der Waals surface area contributed by atoms with Crippen LogP contribution in [-0.4, -0.2) is 16.5 Å². The zero-order chi connectivity index (χ0) is 17.9. The van der Waals surface area contributed by atoms with E-state index in [-0.39, 0.29) is 30.9 Å². The highest BCUT2D eigenvalue weighted by molar-refractivity contribution is 7.59. The molecular weight excluding hydrogens is 356 g/mol. The molecule has 5 heteroatoms. The lowest BCUT2D eigenvalue weighted by molar-refractivity contribution is -0.481. The Morgan fingerprint density at radius 2 is 1.44 bits per heavy atom. The smallest absolute Gasteiger partial charge is 0.214 e. The Morgan fingerprint density at radius 3 is 2.11 bits per heavy atom. The molecule has 0 radical (unpaired) electrons. The summed E-state index contributed by atoms with van der Waals surface area (Å²) >= 11 is 0. The number of hydrogen-bond acceptors (Lipinski definition) is 2. The lowest BCUT2D eigenvalue weighted by Gasteiger charge is -2.16. The minimum Gasteiger partial charge on any atom is -0.354 e. The van der Waals surface area contributed by atoms with Gasteiger partial charge in [0.05, 0.1) is 11.6 Å². The second-order valence-corrected chi connectivity index (χ2v) is 6.30. The number of H-pyrrole nitrogens is 1. The van der Waals surface area contributed by atoms with Gasteiger partial charge in [0.25, 0.3) is 0 Å². The van der Waals surface area contributed by atoms with E-state index in [1.807, 2.05) is 84.9 Å². The molecule has 0 bridgehead atoms. The summed E-state index contributed by atoms with van der Waals surface area (Å²) in [4.78, 5) is 14.7. The summed E-state index contributed by atoms with van der Waals surface area (Å²) in [7, 11) is 0. The first-order valence-electron chi connectivity index (χ1n) is 8.57. The number of aromatic nitrogens is 1.